The lowest BCUT2D eigenvalue weighted by molar-refractivity contribution is -0.117. The second-order valence-corrected chi connectivity index (χ2v) is 6.11. The van der Waals surface area contributed by atoms with Gasteiger partial charge in [0, 0.05) is 55.6 Å². The van der Waals surface area contributed by atoms with Crippen molar-refractivity contribution in [3.05, 3.63) is 35.4 Å². The maximum absolute atomic E-state index is 12.4. The normalized spacial score (nSPS) is 23.4. The molecule has 1 aliphatic carbocycles. The number of hydrogen-bond donors (Lipinski definition) is 0. The summed E-state index contributed by atoms with van der Waals surface area (Å²) in [6.07, 6.45) is 1.52. The standard InChI is InChI=1S/C12H13N3O2.C2H6Si/c16-9-7-8(13-1-2-13)12(17)11(15-5-6-15)10(9)14-3-4-14;1-2-3/h7H,1-6H2;2H,1H2,3H3. The summed E-state index contributed by atoms with van der Waals surface area (Å²) in [6.45, 7) is 8.83. The van der Waals surface area contributed by atoms with Gasteiger partial charge < -0.3 is 14.7 Å². The molecule has 20 heavy (non-hydrogen) atoms. The molecular formula is C14H19N3O2Si. The van der Waals surface area contributed by atoms with Crippen LogP contribution in [0.4, 0.5) is 0 Å². The Morgan fingerprint density at radius 3 is 1.85 bits per heavy atom. The summed E-state index contributed by atoms with van der Waals surface area (Å²) in [5.41, 5.74) is 3.78. The molecule has 4 rings (SSSR count). The van der Waals surface area contributed by atoms with E-state index in [0.717, 1.165) is 49.5 Å². The largest absolute Gasteiger partial charge is 0.365 e. The molecule has 0 aromatic rings. The van der Waals surface area contributed by atoms with Crippen LogP contribution in [0.15, 0.2) is 35.4 Å². The minimum atomic E-state index is 0.00546. The number of hydrogen-bond acceptors (Lipinski definition) is 5. The molecule has 0 saturated carbocycles. The molecule has 0 aromatic carbocycles. The van der Waals surface area contributed by atoms with Gasteiger partial charge in [-0.05, 0) is 0 Å². The number of nitrogens with zero attached hydrogens (tertiary/aromatic N) is 3. The third-order valence-corrected chi connectivity index (χ3v) is 3.49. The summed E-state index contributed by atoms with van der Waals surface area (Å²) >= 11 is 0. The first-order chi connectivity index (χ1) is 9.67. The summed E-state index contributed by atoms with van der Waals surface area (Å²) in [5, 5.41) is 0. The molecule has 106 valence electrons. The predicted octanol–water partition coefficient (Wildman–Crippen LogP) is -1.32. The first-order valence-electron chi connectivity index (χ1n) is 7.04. The van der Waals surface area contributed by atoms with Crippen molar-refractivity contribution in [2.75, 3.05) is 39.3 Å². The van der Waals surface area contributed by atoms with Crippen LogP contribution in [0.3, 0.4) is 0 Å². The van der Waals surface area contributed by atoms with E-state index in [-0.39, 0.29) is 11.6 Å². The number of rotatable bonds is 3. The third-order valence-electron chi connectivity index (χ3n) is 3.49. The fourth-order valence-corrected chi connectivity index (χ4v) is 2.28. The van der Waals surface area contributed by atoms with E-state index < -0.39 is 0 Å². The lowest BCUT2D eigenvalue weighted by Gasteiger charge is -2.21. The van der Waals surface area contributed by atoms with Crippen LogP contribution in [0, 0.1) is 0 Å². The molecular weight excluding hydrogens is 270 g/mol. The van der Waals surface area contributed by atoms with E-state index in [4.69, 9.17) is 0 Å². The second kappa shape index (κ2) is 4.94. The van der Waals surface area contributed by atoms with Gasteiger partial charge in [0.15, 0.2) is 0 Å². The highest BCUT2D eigenvalue weighted by Gasteiger charge is 2.43. The number of allylic oxidation sites excluding steroid dienone is 1. The van der Waals surface area contributed by atoms with E-state index in [1.165, 1.54) is 6.08 Å². The molecule has 0 atom stereocenters. The summed E-state index contributed by atoms with van der Waals surface area (Å²) < 4.78 is 0. The lowest BCUT2D eigenvalue weighted by Crippen LogP contribution is -2.29. The van der Waals surface area contributed by atoms with Crippen molar-refractivity contribution in [2.24, 2.45) is 0 Å². The van der Waals surface area contributed by atoms with Crippen LogP contribution in [0.5, 0.6) is 0 Å². The zero-order chi connectivity index (χ0) is 14.3. The third kappa shape index (κ3) is 2.43. The van der Waals surface area contributed by atoms with Crippen LogP contribution < -0.4 is 0 Å². The maximum Gasteiger partial charge on any atom is 0.227 e. The van der Waals surface area contributed by atoms with E-state index in [2.05, 4.69) is 6.58 Å². The summed E-state index contributed by atoms with van der Waals surface area (Å²) in [5.74, 6) is 0.0485. The topological polar surface area (TPSA) is 43.2 Å². The van der Waals surface area contributed by atoms with E-state index in [0.29, 0.717) is 17.1 Å². The molecule has 3 saturated heterocycles. The number of Topliss-reactive ketones (excluding diaryl/α,β-unsaturated/α-hetero) is 1. The van der Waals surface area contributed by atoms with Gasteiger partial charge in [-0.15, -0.1) is 12.3 Å². The molecule has 0 N–H and O–H groups in total. The average molecular weight is 289 g/mol. The Morgan fingerprint density at radius 1 is 0.950 bits per heavy atom. The first kappa shape index (κ1) is 13.2. The predicted molar refractivity (Wildman–Crippen MR) is 80.0 cm³/mol. The average Bonchev–Trinajstić information content (AvgIpc) is 3.28. The molecule has 0 amide bonds. The monoisotopic (exact) mass is 289 g/mol. The van der Waals surface area contributed by atoms with E-state index in [1.807, 2.05) is 20.4 Å². The maximum atomic E-state index is 12.4. The molecule has 3 fully saturated rings. The Balaban J connectivity index is 0.000000373. The van der Waals surface area contributed by atoms with Crippen LogP contribution in [0.2, 0.25) is 0 Å². The van der Waals surface area contributed by atoms with Crippen LogP contribution in [-0.4, -0.2) is 75.8 Å². The SMILES string of the molecule is C=C[SiH3].O=C1C=C(N2CC2)C(=O)C(N2CC2)=C1N1CC1. The molecule has 4 aliphatic rings. The van der Waals surface area contributed by atoms with Gasteiger partial charge in [0.1, 0.15) is 11.4 Å². The van der Waals surface area contributed by atoms with Gasteiger partial charge in [-0.25, -0.2) is 0 Å². The van der Waals surface area contributed by atoms with Crippen molar-refractivity contribution in [2.45, 2.75) is 0 Å². The second-order valence-electron chi connectivity index (χ2n) is 5.29. The van der Waals surface area contributed by atoms with E-state index in [1.54, 1.807) is 0 Å². The Hall–Kier alpha value is -1.82. The summed E-state index contributed by atoms with van der Waals surface area (Å²) in [4.78, 5) is 30.5. The molecule has 5 nitrogen and oxygen atoms in total. The Kier molecular flexibility index (Phi) is 3.25. The highest BCUT2D eigenvalue weighted by molar-refractivity contribution is 6.22. The Bertz CT molecular complexity index is 541. The molecule has 3 heterocycles. The number of carbonyl (C=O) groups excluding carboxylic acids is 2. The molecule has 0 bridgehead atoms. The number of carbonyl (C=O) groups is 2. The summed E-state index contributed by atoms with van der Waals surface area (Å²) in [7, 11) is 1.13. The Labute approximate surface area is 121 Å². The zero-order valence-electron chi connectivity index (χ0n) is 11.8. The van der Waals surface area contributed by atoms with Gasteiger partial charge in [-0.1, -0.05) is 0 Å². The highest BCUT2D eigenvalue weighted by Crippen LogP contribution is 2.33. The van der Waals surface area contributed by atoms with Crippen LogP contribution in [-0.2, 0) is 9.59 Å². The van der Waals surface area contributed by atoms with E-state index in [9.17, 15) is 9.59 Å². The van der Waals surface area contributed by atoms with Gasteiger partial charge in [0.05, 0.1) is 5.70 Å². The van der Waals surface area contributed by atoms with Gasteiger partial charge in [0.2, 0.25) is 11.6 Å². The zero-order valence-corrected chi connectivity index (χ0v) is 13.8. The molecule has 0 unspecified atom stereocenters. The quantitative estimate of drug-likeness (QED) is 0.366. The minimum absolute atomic E-state index is 0.00546. The van der Waals surface area contributed by atoms with Crippen molar-refractivity contribution in [3.63, 3.8) is 0 Å². The van der Waals surface area contributed by atoms with Crippen molar-refractivity contribution in [1.82, 2.24) is 14.7 Å². The van der Waals surface area contributed by atoms with Gasteiger partial charge in [-0.2, -0.15) is 0 Å². The van der Waals surface area contributed by atoms with Gasteiger partial charge >= 0.3 is 0 Å². The van der Waals surface area contributed by atoms with Gasteiger partial charge in [0.25, 0.3) is 0 Å². The van der Waals surface area contributed by atoms with Crippen LogP contribution in [0.1, 0.15) is 0 Å². The Morgan fingerprint density at radius 2 is 1.40 bits per heavy atom. The van der Waals surface area contributed by atoms with Crippen molar-refractivity contribution in [3.8, 4) is 0 Å². The van der Waals surface area contributed by atoms with Gasteiger partial charge in [-0.3, -0.25) is 9.59 Å². The van der Waals surface area contributed by atoms with Crippen LogP contribution >= 0.6 is 0 Å². The molecule has 0 radical (unpaired) electrons. The van der Waals surface area contributed by atoms with Crippen molar-refractivity contribution >= 4 is 21.8 Å². The molecule has 6 heteroatoms. The fraction of sp³-hybridized carbons (Fsp3) is 0.429. The van der Waals surface area contributed by atoms with Crippen molar-refractivity contribution < 1.29 is 9.59 Å². The smallest absolute Gasteiger partial charge is 0.227 e. The molecule has 0 spiro atoms. The first-order valence-corrected chi connectivity index (χ1v) is 8.19. The van der Waals surface area contributed by atoms with Crippen LogP contribution in [0.25, 0.3) is 0 Å². The molecule has 3 aliphatic heterocycles. The minimum Gasteiger partial charge on any atom is -0.365 e. The summed E-state index contributed by atoms with van der Waals surface area (Å²) in [6, 6.07) is 0. The fourth-order valence-electron chi connectivity index (χ4n) is 2.28. The van der Waals surface area contributed by atoms with Crippen molar-refractivity contribution in [1.29, 1.82) is 0 Å². The van der Waals surface area contributed by atoms with E-state index >= 15 is 0 Å². The molecule has 0 aromatic heterocycles. The highest BCUT2D eigenvalue weighted by atomic mass is 28.1. The lowest BCUT2D eigenvalue weighted by atomic mass is 10.0. The number of ketones is 2.